The Labute approximate surface area is 82.7 Å². The Morgan fingerprint density at radius 2 is 1.62 bits per heavy atom. The van der Waals surface area contributed by atoms with Gasteiger partial charge in [0, 0.05) is 20.8 Å². The lowest BCUT2D eigenvalue weighted by atomic mass is 10.5. The average Bonchev–Trinajstić information content (AvgIpc) is 2.19. The van der Waals surface area contributed by atoms with Crippen LogP contribution in [0.25, 0.3) is 0 Å². The number of nitrogens with zero attached hydrogens (tertiary/aromatic N) is 1. The molecule has 0 saturated carbocycles. The van der Waals surface area contributed by atoms with E-state index in [9.17, 15) is 0 Å². The highest BCUT2D eigenvalue weighted by Crippen LogP contribution is 1.91. The highest BCUT2D eigenvalue weighted by Gasteiger charge is 2.10. The maximum absolute atomic E-state index is 5.43. The van der Waals surface area contributed by atoms with E-state index in [0.717, 1.165) is 19.6 Å². The van der Waals surface area contributed by atoms with Crippen molar-refractivity contribution in [2.45, 2.75) is 13.8 Å². The van der Waals surface area contributed by atoms with Gasteiger partial charge in [-0.1, -0.05) is 13.8 Å². The summed E-state index contributed by atoms with van der Waals surface area (Å²) < 4.78 is 15.5. The van der Waals surface area contributed by atoms with Crippen molar-refractivity contribution in [1.82, 2.24) is 4.90 Å². The van der Waals surface area contributed by atoms with Gasteiger partial charge in [0.1, 0.15) is 0 Å². The molecule has 0 radical (unpaired) electrons. The van der Waals surface area contributed by atoms with Crippen molar-refractivity contribution in [2.75, 3.05) is 40.5 Å². The van der Waals surface area contributed by atoms with Crippen LogP contribution in [0.2, 0.25) is 0 Å². The van der Waals surface area contributed by atoms with E-state index in [0.29, 0.717) is 6.61 Å². The Morgan fingerprint density at radius 1 is 1.08 bits per heavy atom. The Balaban J connectivity index is 3.41. The molecule has 0 aromatic heterocycles. The van der Waals surface area contributed by atoms with Gasteiger partial charge in [0.05, 0.1) is 6.61 Å². The lowest BCUT2D eigenvalue weighted by molar-refractivity contribution is 0.119. The van der Waals surface area contributed by atoms with E-state index in [4.69, 9.17) is 13.3 Å². The summed E-state index contributed by atoms with van der Waals surface area (Å²) in [5, 5.41) is 0. The second kappa shape index (κ2) is 8.65. The predicted molar refractivity (Wildman–Crippen MR) is 54.9 cm³/mol. The molecule has 0 N–H and O–H groups in total. The van der Waals surface area contributed by atoms with E-state index >= 15 is 0 Å². The Bertz CT molecular complexity index is 95.6. The molecule has 0 fully saturated rings. The molecule has 0 aromatic carbocycles. The fraction of sp³-hybridized carbons (Fsp3) is 1.00. The number of likely N-dealkylation sites (N-methyl/N-ethyl adjacent to an activating group) is 1. The molecule has 0 bridgehead atoms. The summed E-state index contributed by atoms with van der Waals surface area (Å²) in [6, 6.07) is 0. The summed E-state index contributed by atoms with van der Waals surface area (Å²) in [6.45, 7) is 8.05. The van der Waals surface area contributed by atoms with Crippen molar-refractivity contribution < 1.29 is 13.3 Å². The number of hydrogen-bond acceptors (Lipinski definition) is 4. The van der Waals surface area contributed by atoms with Crippen LogP contribution in [-0.4, -0.2) is 54.9 Å². The Hall–Kier alpha value is 0.0569. The molecule has 0 aliphatic rings. The predicted octanol–water partition coefficient (Wildman–Crippen LogP) is 0.355. The molecule has 0 heterocycles. The standard InChI is InChI=1S/C8H21NO3Si/c1-5-9(6-2)7-8-12-13(10-3)11-4/h13H,5-8H2,1-4H3. The van der Waals surface area contributed by atoms with Gasteiger partial charge in [-0.25, -0.2) is 0 Å². The maximum Gasteiger partial charge on any atom is 0.483 e. The molecule has 0 rings (SSSR count). The SMILES string of the molecule is CCN(CC)CCO[SiH](OC)OC. The third-order valence-corrected chi connectivity index (χ3v) is 3.22. The highest BCUT2D eigenvalue weighted by atomic mass is 28.3. The quantitative estimate of drug-likeness (QED) is 0.538. The fourth-order valence-corrected chi connectivity index (χ4v) is 1.81. The van der Waals surface area contributed by atoms with Gasteiger partial charge in [-0.3, -0.25) is 0 Å². The van der Waals surface area contributed by atoms with E-state index in [1.807, 2.05) is 0 Å². The molecule has 13 heavy (non-hydrogen) atoms. The van der Waals surface area contributed by atoms with Gasteiger partial charge in [-0.2, -0.15) is 0 Å². The van der Waals surface area contributed by atoms with Crippen LogP contribution in [0.3, 0.4) is 0 Å². The van der Waals surface area contributed by atoms with Gasteiger partial charge in [-0.15, -0.1) is 0 Å². The van der Waals surface area contributed by atoms with Crippen LogP contribution in [0.1, 0.15) is 13.8 Å². The van der Waals surface area contributed by atoms with E-state index in [2.05, 4.69) is 18.7 Å². The minimum Gasteiger partial charge on any atom is -0.379 e. The molecule has 0 aliphatic heterocycles. The molecule has 0 saturated heterocycles. The molecule has 0 spiro atoms. The first-order valence-corrected chi connectivity index (χ1v) is 6.09. The van der Waals surface area contributed by atoms with E-state index in [1.54, 1.807) is 14.2 Å². The molecule has 80 valence electrons. The lowest BCUT2D eigenvalue weighted by Gasteiger charge is -2.19. The van der Waals surface area contributed by atoms with Crippen LogP contribution in [0, 0.1) is 0 Å². The Morgan fingerprint density at radius 3 is 2.00 bits per heavy atom. The van der Waals surface area contributed by atoms with Crippen molar-refractivity contribution in [2.24, 2.45) is 0 Å². The zero-order valence-corrected chi connectivity index (χ0v) is 10.2. The van der Waals surface area contributed by atoms with Crippen molar-refractivity contribution in [1.29, 1.82) is 0 Å². The first-order chi connectivity index (χ1) is 6.28. The smallest absolute Gasteiger partial charge is 0.379 e. The highest BCUT2D eigenvalue weighted by molar-refractivity contribution is 6.36. The first kappa shape index (κ1) is 13.1. The largest absolute Gasteiger partial charge is 0.483 e. The second-order valence-electron chi connectivity index (χ2n) is 2.66. The van der Waals surface area contributed by atoms with Gasteiger partial charge < -0.3 is 18.2 Å². The molecular formula is C8H21NO3Si. The second-order valence-corrected chi connectivity index (χ2v) is 4.51. The lowest BCUT2D eigenvalue weighted by Crippen LogP contribution is -2.31. The van der Waals surface area contributed by atoms with E-state index < -0.39 is 9.53 Å². The molecule has 0 amide bonds. The molecular weight excluding hydrogens is 186 g/mol. The van der Waals surface area contributed by atoms with Crippen molar-refractivity contribution in [3.63, 3.8) is 0 Å². The molecule has 5 heteroatoms. The minimum atomic E-state index is -1.80. The summed E-state index contributed by atoms with van der Waals surface area (Å²) in [6.07, 6.45) is 0. The molecule has 4 nitrogen and oxygen atoms in total. The maximum atomic E-state index is 5.43. The van der Waals surface area contributed by atoms with Gasteiger partial charge in [0.15, 0.2) is 0 Å². The first-order valence-electron chi connectivity index (χ1n) is 4.68. The zero-order chi connectivity index (χ0) is 10.1. The van der Waals surface area contributed by atoms with Gasteiger partial charge >= 0.3 is 9.53 Å². The van der Waals surface area contributed by atoms with Crippen molar-refractivity contribution in [3.05, 3.63) is 0 Å². The number of hydrogen-bond donors (Lipinski definition) is 0. The molecule has 0 unspecified atom stereocenters. The summed E-state index contributed by atoms with van der Waals surface area (Å²) in [5.74, 6) is 0. The van der Waals surface area contributed by atoms with Crippen LogP contribution in [0.15, 0.2) is 0 Å². The summed E-state index contributed by atoms with van der Waals surface area (Å²) in [4.78, 5) is 2.30. The molecule has 0 aromatic rings. The minimum absolute atomic E-state index is 0.695. The topological polar surface area (TPSA) is 30.9 Å². The normalized spacial score (nSPS) is 11.5. The van der Waals surface area contributed by atoms with Gasteiger partial charge in [0.2, 0.25) is 0 Å². The van der Waals surface area contributed by atoms with E-state index in [-0.39, 0.29) is 0 Å². The Kier molecular flexibility index (Phi) is 8.68. The van der Waals surface area contributed by atoms with Gasteiger partial charge in [-0.05, 0) is 13.1 Å². The third-order valence-electron chi connectivity index (χ3n) is 1.94. The molecule has 0 atom stereocenters. The fourth-order valence-electron chi connectivity index (χ4n) is 1.05. The van der Waals surface area contributed by atoms with E-state index in [1.165, 1.54) is 0 Å². The van der Waals surface area contributed by atoms with Crippen LogP contribution >= 0.6 is 0 Å². The summed E-state index contributed by atoms with van der Waals surface area (Å²) in [5.41, 5.74) is 0. The van der Waals surface area contributed by atoms with Crippen LogP contribution in [0.4, 0.5) is 0 Å². The summed E-state index contributed by atoms with van der Waals surface area (Å²) >= 11 is 0. The summed E-state index contributed by atoms with van der Waals surface area (Å²) in [7, 11) is 1.45. The monoisotopic (exact) mass is 207 g/mol. The number of rotatable bonds is 8. The van der Waals surface area contributed by atoms with Gasteiger partial charge in [0.25, 0.3) is 0 Å². The van der Waals surface area contributed by atoms with Crippen molar-refractivity contribution >= 4 is 9.53 Å². The zero-order valence-electron chi connectivity index (χ0n) is 9.08. The van der Waals surface area contributed by atoms with Crippen LogP contribution in [0.5, 0.6) is 0 Å². The van der Waals surface area contributed by atoms with Crippen LogP contribution < -0.4 is 0 Å². The molecule has 0 aliphatic carbocycles. The van der Waals surface area contributed by atoms with Crippen LogP contribution in [-0.2, 0) is 13.3 Å². The van der Waals surface area contributed by atoms with Crippen molar-refractivity contribution in [3.8, 4) is 0 Å². The third kappa shape index (κ3) is 6.17. The average molecular weight is 207 g/mol.